The third-order valence-electron chi connectivity index (χ3n) is 4.98. The highest BCUT2D eigenvalue weighted by atomic mass is 79.9. The second kappa shape index (κ2) is 4.95. The Labute approximate surface area is 132 Å². The number of hydrogen-bond acceptors (Lipinski definition) is 4. The van der Waals surface area contributed by atoms with E-state index >= 15 is 0 Å². The van der Waals surface area contributed by atoms with Crippen LogP contribution in [0, 0.1) is 5.41 Å². The van der Waals surface area contributed by atoms with E-state index in [0.717, 1.165) is 19.4 Å². The molecule has 3 rings (SSSR count). The monoisotopic (exact) mass is 354 g/mol. The van der Waals surface area contributed by atoms with Crippen LogP contribution in [0.1, 0.15) is 30.3 Å². The molecular weight excluding hydrogens is 336 g/mol. The largest absolute Gasteiger partial charge is 0.491 e. The first-order valence-electron chi connectivity index (χ1n) is 7.12. The van der Waals surface area contributed by atoms with Crippen LogP contribution < -0.4 is 10.2 Å². The van der Waals surface area contributed by atoms with E-state index in [1.54, 1.807) is 6.20 Å². The Hall–Kier alpha value is -1.14. The van der Waals surface area contributed by atoms with Crippen LogP contribution in [0.25, 0.3) is 0 Å². The molecular formula is C15H19BrN2O3. The van der Waals surface area contributed by atoms with E-state index in [1.165, 1.54) is 7.11 Å². The molecule has 0 saturated carbocycles. The van der Waals surface area contributed by atoms with Crippen molar-refractivity contribution in [2.75, 3.05) is 20.7 Å². The lowest BCUT2D eigenvalue weighted by Crippen LogP contribution is -2.58. The van der Waals surface area contributed by atoms with Crippen LogP contribution in [0.4, 0.5) is 0 Å². The SMILES string of the molecule is COc1c2n(cc(Br)c1=O)CC1N(C)CCC[C@]1(C)C2=O. The number of carbonyl (C=O) groups is 1. The molecule has 3 heterocycles. The van der Waals surface area contributed by atoms with Crippen molar-refractivity contribution in [1.29, 1.82) is 0 Å². The topological polar surface area (TPSA) is 51.5 Å². The van der Waals surface area contributed by atoms with Crippen LogP contribution in [0.2, 0.25) is 0 Å². The van der Waals surface area contributed by atoms with Crippen molar-refractivity contribution in [2.24, 2.45) is 5.41 Å². The molecule has 0 radical (unpaired) electrons. The number of rotatable bonds is 1. The number of pyridine rings is 1. The van der Waals surface area contributed by atoms with Gasteiger partial charge in [0.05, 0.1) is 11.6 Å². The van der Waals surface area contributed by atoms with E-state index in [0.29, 0.717) is 16.7 Å². The summed E-state index contributed by atoms with van der Waals surface area (Å²) >= 11 is 3.26. The second-order valence-corrected chi connectivity index (χ2v) is 7.04. The van der Waals surface area contributed by atoms with Crippen molar-refractivity contribution >= 4 is 21.7 Å². The molecule has 0 bridgehead atoms. The van der Waals surface area contributed by atoms with Crippen molar-refractivity contribution in [2.45, 2.75) is 32.4 Å². The van der Waals surface area contributed by atoms with Gasteiger partial charge in [0.1, 0.15) is 5.69 Å². The molecule has 0 spiro atoms. The van der Waals surface area contributed by atoms with Crippen LogP contribution in [-0.4, -0.2) is 42.0 Å². The van der Waals surface area contributed by atoms with Gasteiger partial charge in [0, 0.05) is 24.2 Å². The molecule has 2 aliphatic rings. The number of hydrogen-bond donors (Lipinski definition) is 0. The van der Waals surface area contributed by atoms with Gasteiger partial charge in [-0.3, -0.25) is 9.59 Å². The Bertz CT molecular complexity index is 670. The summed E-state index contributed by atoms with van der Waals surface area (Å²) in [6.45, 7) is 3.72. The zero-order valence-electron chi connectivity index (χ0n) is 12.5. The Morgan fingerprint density at radius 3 is 2.81 bits per heavy atom. The molecule has 1 saturated heterocycles. The molecule has 2 aliphatic heterocycles. The van der Waals surface area contributed by atoms with Crippen molar-refractivity contribution in [3.8, 4) is 5.75 Å². The van der Waals surface area contributed by atoms with Crippen LogP contribution in [-0.2, 0) is 6.54 Å². The third kappa shape index (κ3) is 1.99. The first-order chi connectivity index (χ1) is 9.90. The highest BCUT2D eigenvalue weighted by Gasteiger charge is 2.50. The average molecular weight is 355 g/mol. The van der Waals surface area contributed by atoms with Gasteiger partial charge in [0.2, 0.25) is 5.43 Å². The molecule has 1 aromatic heterocycles. The van der Waals surface area contributed by atoms with E-state index in [1.807, 2.05) is 11.5 Å². The van der Waals surface area contributed by atoms with Crippen molar-refractivity contribution in [1.82, 2.24) is 9.47 Å². The lowest BCUT2D eigenvalue weighted by molar-refractivity contribution is 0.0188. The Morgan fingerprint density at radius 2 is 2.14 bits per heavy atom. The lowest BCUT2D eigenvalue weighted by Gasteiger charge is -2.49. The van der Waals surface area contributed by atoms with Crippen LogP contribution in [0.5, 0.6) is 5.75 Å². The maximum atomic E-state index is 13.1. The number of carbonyl (C=O) groups excluding carboxylic acids is 1. The minimum Gasteiger partial charge on any atom is -0.491 e. The van der Waals surface area contributed by atoms with Gasteiger partial charge in [0.15, 0.2) is 11.5 Å². The minimum atomic E-state index is -0.444. The maximum absolute atomic E-state index is 13.1. The number of likely N-dealkylation sites (tertiary alicyclic amines) is 1. The molecule has 0 aromatic carbocycles. The van der Waals surface area contributed by atoms with Gasteiger partial charge in [-0.15, -0.1) is 0 Å². The number of piperidine rings is 1. The van der Waals surface area contributed by atoms with Crippen molar-refractivity contribution in [3.05, 3.63) is 26.6 Å². The number of halogens is 1. The molecule has 0 N–H and O–H groups in total. The zero-order chi connectivity index (χ0) is 15.4. The number of aromatic nitrogens is 1. The number of ketones is 1. The first kappa shape index (κ1) is 14.8. The van der Waals surface area contributed by atoms with Crippen LogP contribution in [0.15, 0.2) is 15.5 Å². The van der Waals surface area contributed by atoms with Crippen molar-refractivity contribution in [3.63, 3.8) is 0 Å². The molecule has 21 heavy (non-hydrogen) atoms. The first-order valence-corrected chi connectivity index (χ1v) is 7.91. The summed E-state index contributed by atoms with van der Waals surface area (Å²) in [6.07, 6.45) is 3.56. The van der Waals surface area contributed by atoms with E-state index in [2.05, 4.69) is 27.9 Å². The van der Waals surface area contributed by atoms with Gasteiger partial charge in [-0.25, -0.2) is 0 Å². The Kier molecular flexibility index (Phi) is 3.48. The molecule has 1 aromatic rings. The fourth-order valence-corrected chi connectivity index (χ4v) is 4.17. The second-order valence-electron chi connectivity index (χ2n) is 6.19. The molecule has 0 amide bonds. The quantitative estimate of drug-likeness (QED) is 0.772. The summed E-state index contributed by atoms with van der Waals surface area (Å²) in [5.41, 5.74) is -0.288. The van der Waals surface area contributed by atoms with Crippen LogP contribution >= 0.6 is 15.9 Å². The van der Waals surface area contributed by atoms with Gasteiger partial charge in [-0.1, -0.05) is 6.92 Å². The molecule has 1 unspecified atom stereocenters. The van der Waals surface area contributed by atoms with Gasteiger partial charge in [-0.05, 0) is 42.4 Å². The van der Waals surface area contributed by atoms with Gasteiger partial charge in [0.25, 0.3) is 0 Å². The fourth-order valence-electron chi connectivity index (χ4n) is 3.74. The number of nitrogens with zero attached hydrogens (tertiary/aromatic N) is 2. The third-order valence-corrected chi connectivity index (χ3v) is 5.54. The predicted molar refractivity (Wildman–Crippen MR) is 83.0 cm³/mol. The number of likely N-dealkylation sites (N-methyl/N-ethyl adjacent to an activating group) is 1. The van der Waals surface area contributed by atoms with E-state index < -0.39 is 5.41 Å². The smallest absolute Gasteiger partial charge is 0.238 e. The summed E-state index contributed by atoms with van der Waals surface area (Å²) in [5.74, 6) is 0.175. The average Bonchev–Trinajstić information content (AvgIpc) is 2.44. The normalized spacial score (nSPS) is 29.0. The highest BCUT2D eigenvalue weighted by Crippen LogP contribution is 2.43. The Balaban J connectivity index is 2.24. The Morgan fingerprint density at radius 1 is 1.43 bits per heavy atom. The predicted octanol–water partition coefficient (Wildman–Crippen LogP) is 1.92. The van der Waals surface area contributed by atoms with Gasteiger partial charge < -0.3 is 14.2 Å². The molecule has 5 nitrogen and oxygen atoms in total. The molecule has 2 atom stereocenters. The minimum absolute atomic E-state index is 0.0201. The summed E-state index contributed by atoms with van der Waals surface area (Å²) in [7, 11) is 3.51. The van der Waals surface area contributed by atoms with Gasteiger partial charge >= 0.3 is 0 Å². The highest BCUT2D eigenvalue weighted by molar-refractivity contribution is 9.10. The van der Waals surface area contributed by atoms with E-state index in [-0.39, 0.29) is 23.0 Å². The fraction of sp³-hybridized carbons (Fsp3) is 0.600. The summed E-state index contributed by atoms with van der Waals surface area (Å²) < 4.78 is 7.54. The zero-order valence-corrected chi connectivity index (χ0v) is 14.1. The van der Waals surface area contributed by atoms with Crippen molar-refractivity contribution < 1.29 is 9.53 Å². The summed E-state index contributed by atoms with van der Waals surface area (Å²) in [6, 6.07) is 0.158. The molecule has 114 valence electrons. The molecule has 0 aliphatic carbocycles. The summed E-state index contributed by atoms with van der Waals surface area (Å²) in [5, 5.41) is 0. The number of Topliss-reactive ketones (excluding diaryl/α,β-unsaturated/α-hetero) is 1. The lowest BCUT2D eigenvalue weighted by atomic mass is 9.68. The number of methoxy groups -OCH3 is 1. The van der Waals surface area contributed by atoms with Crippen LogP contribution in [0.3, 0.4) is 0 Å². The number of fused-ring (bicyclic) bond motifs is 2. The van der Waals surface area contributed by atoms with Gasteiger partial charge in [-0.2, -0.15) is 0 Å². The standard InChI is InChI=1S/C15H19BrN2O3/c1-15-5-4-6-17(2)10(15)8-18-7-9(16)12(19)13(21-3)11(18)14(15)20/h7,10H,4-6,8H2,1-3H3/t10?,15-/m0/s1. The number of ether oxygens (including phenoxy) is 1. The maximum Gasteiger partial charge on any atom is 0.238 e. The summed E-state index contributed by atoms with van der Waals surface area (Å²) in [4.78, 5) is 27.5. The van der Waals surface area contributed by atoms with E-state index in [4.69, 9.17) is 4.74 Å². The van der Waals surface area contributed by atoms with E-state index in [9.17, 15) is 9.59 Å². The molecule has 6 heteroatoms. The molecule has 1 fully saturated rings.